The second-order valence-corrected chi connectivity index (χ2v) is 7.59. The van der Waals surface area contributed by atoms with Gasteiger partial charge in [0.05, 0.1) is 11.9 Å². The highest BCUT2D eigenvalue weighted by Crippen LogP contribution is 2.17. The fourth-order valence-corrected chi connectivity index (χ4v) is 2.66. The number of nitrogens with zero attached hydrogens (tertiary/aromatic N) is 1. The molecule has 0 radical (unpaired) electrons. The zero-order valence-corrected chi connectivity index (χ0v) is 12.9. The lowest BCUT2D eigenvalue weighted by atomic mass is 10.0. The number of aryl methyl sites for hydroxylation is 2. The van der Waals surface area contributed by atoms with Crippen molar-refractivity contribution in [3.63, 3.8) is 0 Å². The zero-order chi connectivity index (χ0) is 14.6. The molecule has 0 aromatic heterocycles. The van der Waals surface area contributed by atoms with E-state index in [0.717, 1.165) is 16.7 Å². The molecular weight excluding hydrogens is 262 g/mol. The largest absolute Gasteiger partial charge is 0.387 e. The molecule has 1 aromatic carbocycles. The van der Waals surface area contributed by atoms with Gasteiger partial charge in [-0.05, 0) is 26.5 Å². The van der Waals surface area contributed by atoms with Gasteiger partial charge in [-0.25, -0.2) is 8.42 Å². The number of hydrogen-bond acceptors (Lipinski definition) is 4. The predicted octanol–water partition coefficient (Wildman–Crippen LogP) is 1.31. The Morgan fingerprint density at radius 3 is 2.21 bits per heavy atom. The van der Waals surface area contributed by atoms with E-state index in [1.807, 2.05) is 37.9 Å². The van der Waals surface area contributed by atoms with Crippen LogP contribution in [-0.2, 0) is 9.84 Å². The SMILES string of the molecule is Cc1cc(C)cc(C(O)CN(C)CCS(C)(=O)=O)c1. The first kappa shape index (κ1) is 16.1. The Bertz CT molecular complexity index is 505. The van der Waals surface area contributed by atoms with E-state index in [9.17, 15) is 13.5 Å². The van der Waals surface area contributed by atoms with E-state index < -0.39 is 15.9 Å². The second-order valence-electron chi connectivity index (χ2n) is 5.33. The average molecular weight is 285 g/mol. The van der Waals surface area contributed by atoms with Crippen molar-refractivity contribution in [3.05, 3.63) is 34.9 Å². The second kappa shape index (κ2) is 6.50. The third-order valence-corrected chi connectivity index (χ3v) is 3.88. The molecule has 0 aliphatic carbocycles. The van der Waals surface area contributed by atoms with Crippen LogP contribution in [0, 0.1) is 13.8 Å². The van der Waals surface area contributed by atoms with E-state index in [2.05, 4.69) is 6.07 Å². The van der Waals surface area contributed by atoms with Crippen LogP contribution in [0.4, 0.5) is 0 Å². The minimum Gasteiger partial charge on any atom is -0.387 e. The molecule has 4 nitrogen and oxygen atoms in total. The van der Waals surface area contributed by atoms with Crippen molar-refractivity contribution in [1.82, 2.24) is 4.90 Å². The van der Waals surface area contributed by atoms with E-state index in [1.165, 1.54) is 6.26 Å². The Labute approximate surface area is 116 Å². The van der Waals surface area contributed by atoms with Crippen LogP contribution >= 0.6 is 0 Å². The molecular formula is C14H23NO3S. The fourth-order valence-electron chi connectivity index (χ4n) is 2.02. The number of rotatable bonds is 6. The normalized spacial score (nSPS) is 13.8. The minimum atomic E-state index is -2.96. The van der Waals surface area contributed by atoms with Crippen LogP contribution < -0.4 is 0 Å². The first-order chi connectivity index (χ1) is 8.67. The number of aliphatic hydroxyl groups excluding tert-OH is 1. The smallest absolute Gasteiger partial charge is 0.148 e. The summed E-state index contributed by atoms with van der Waals surface area (Å²) in [6, 6.07) is 5.98. The molecule has 5 heteroatoms. The average Bonchev–Trinajstić information content (AvgIpc) is 2.24. The molecule has 1 aromatic rings. The van der Waals surface area contributed by atoms with Gasteiger partial charge in [-0.1, -0.05) is 29.3 Å². The van der Waals surface area contributed by atoms with E-state index in [4.69, 9.17) is 0 Å². The number of aliphatic hydroxyl groups is 1. The third kappa shape index (κ3) is 6.18. The standard InChI is InChI=1S/C14H23NO3S/c1-11-7-12(2)9-13(8-11)14(16)10-15(3)5-6-19(4,17)18/h7-9,14,16H,5-6,10H2,1-4H3. The van der Waals surface area contributed by atoms with Gasteiger partial charge in [-0.15, -0.1) is 0 Å². The summed E-state index contributed by atoms with van der Waals surface area (Å²) in [5.74, 6) is 0.114. The van der Waals surface area contributed by atoms with Crippen LogP contribution in [0.15, 0.2) is 18.2 Å². The van der Waals surface area contributed by atoms with Crippen molar-refractivity contribution in [1.29, 1.82) is 0 Å². The maximum absolute atomic E-state index is 11.1. The summed E-state index contributed by atoms with van der Waals surface area (Å²) in [6.07, 6.45) is 0.629. The molecule has 1 unspecified atom stereocenters. The number of likely N-dealkylation sites (N-methyl/N-ethyl adjacent to an activating group) is 1. The molecule has 1 rings (SSSR count). The van der Waals surface area contributed by atoms with Crippen LogP contribution in [0.1, 0.15) is 22.8 Å². The monoisotopic (exact) mass is 285 g/mol. The molecule has 0 amide bonds. The molecule has 0 saturated carbocycles. The summed E-state index contributed by atoms with van der Waals surface area (Å²) in [6.45, 7) is 4.85. The zero-order valence-electron chi connectivity index (χ0n) is 12.0. The van der Waals surface area contributed by atoms with Crippen LogP contribution in [0.25, 0.3) is 0 Å². The van der Waals surface area contributed by atoms with Gasteiger partial charge in [-0.2, -0.15) is 0 Å². The van der Waals surface area contributed by atoms with Crippen molar-refractivity contribution in [2.45, 2.75) is 20.0 Å². The van der Waals surface area contributed by atoms with Crippen LogP contribution in [-0.4, -0.2) is 50.6 Å². The molecule has 0 aliphatic heterocycles. The molecule has 0 aliphatic rings. The highest BCUT2D eigenvalue weighted by atomic mass is 32.2. The van der Waals surface area contributed by atoms with Gasteiger partial charge < -0.3 is 10.0 Å². The number of hydrogen-bond donors (Lipinski definition) is 1. The van der Waals surface area contributed by atoms with Crippen molar-refractivity contribution >= 4 is 9.84 Å². The van der Waals surface area contributed by atoms with Gasteiger partial charge in [0.1, 0.15) is 9.84 Å². The minimum absolute atomic E-state index is 0.114. The fraction of sp³-hybridized carbons (Fsp3) is 0.571. The van der Waals surface area contributed by atoms with Crippen LogP contribution in [0.5, 0.6) is 0 Å². The first-order valence-corrected chi connectivity index (χ1v) is 8.36. The van der Waals surface area contributed by atoms with Gasteiger partial charge >= 0.3 is 0 Å². The lowest BCUT2D eigenvalue weighted by Crippen LogP contribution is -2.29. The quantitative estimate of drug-likeness (QED) is 0.856. The summed E-state index contributed by atoms with van der Waals surface area (Å²) in [7, 11) is -1.14. The molecule has 0 fully saturated rings. The van der Waals surface area contributed by atoms with E-state index in [0.29, 0.717) is 13.1 Å². The van der Waals surface area contributed by atoms with Crippen molar-refractivity contribution in [2.75, 3.05) is 32.1 Å². The third-order valence-electron chi connectivity index (χ3n) is 2.96. The molecule has 1 N–H and O–H groups in total. The van der Waals surface area contributed by atoms with E-state index in [-0.39, 0.29) is 5.75 Å². The summed E-state index contributed by atoms with van der Waals surface area (Å²) in [4.78, 5) is 1.84. The molecule has 0 saturated heterocycles. The Kier molecular flexibility index (Phi) is 5.52. The topological polar surface area (TPSA) is 57.6 Å². The van der Waals surface area contributed by atoms with Gasteiger partial charge in [-0.3, -0.25) is 0 Å². The molecule has 0 spiro atoms. The van der Waals surface area contributed by atoms with Gasteiger partial charge in [0.15, 0.2) is 0 Å². The van der Waals surface area contributed by atoms with Crippen molar-refractivity contribution < 1.29 is 13.5 Å². The number of sulfone groups is 1. The Morgan fingerprint density at radius 2 is 1.74 bits per heavy atom. The van der Waals surface area contributed by atoms with Crippen LogP contribution in [0.2, 0.25) is 0 Å². The maximum Gasteiger partial charge on any atom is 0.148 e. The lowest BCUT2D eigenvalue weighted by Gasteiger charge is -2.21. The van der Waals surface area contributed by atoms with Gasteiger partial charge in [0.25, 0.3) is 0 Å². The summed E-state index contributed by atoms with van der Waals surface area (Å²) < 4.78 is 22.2. The summed E-state index contributed by atoms with van der Waals surface area (Å²) in [5, 5.41) is 10.2. The van der Waals surface area contributed by atoms with Gasteiger partial charge in [0, 0.05) is 19.3 Å². The Hall–Kier alpha value is -0.910. The van der Waals surface area contributed by atoms with Crippen molar-refractivity contribution in [2.24, 2.45) is 0 Å². The molecule has 0 bridgehead atoms. The Balaban J connectivity index is 2.61. The summed E-state index contributed by atoms with van der Waals surface area (Å²) in [5.41, 5.74) is 3.12. The summed E-state index contributed by atoms with van der Waals surface area (Å²) >= 11 is 0. The lowest BCUT2D eigenvalue weighted by molar-refractivity contribution is 0.129. The van der Waals surface area contributed by atoms with Crippen molar-refractivity contribution in [3.8, 4) is 0 Å². The molecule has 1 atom stereocenters. The van der Waals surface area contributed by atoms with Gasteiger partial charge in [0.2, 0.25) is 0 Å². The van der Waals surface area contributed by atoms with E-state index in [1.54, 1.807) is 0 Å². The highest BCUT2D eigenvalue weighted by Gasteiger charge is 2.13. The molecule has 108 valence electrons. The first-order valence-electron chi connectivity index (χ1n) is 6.30. The molecule has 19 heavy (non-hydrogen) atoms. The number of benzene rings is 1. The Morgan fingerprint density at radius 1 is 1.21 bits per heavy atom. The maximum atomic E-state index is 11.1. The van der Waals surface area contributed by atoms with E-state index >= 15 is 0 Å². The molecule has 0 heterocycles. The van der Waals surface area contributed by atoms with Crippen LogP contribution in [0.3, 0.4) is 0 Å². The predicted molar refractivity (Wildman–Crippen MR) is 78.1 cm³/mol. The highest BCUT2D eigenvalue weighted by molar-refractivity contribution is 7.90.